The molecule has 0 unspecified atom stereocenters. The molecule has 11 heavy (non-hydrogen) atoms. The van der Waals surface area contributed by atoms with Gasteiger partial charge < -0.3 is 10.5 Å². The van der Waals surface area contributed by atoms with Gasteiger partial charge in [-0.2, -0.15) is 0 Å². The summed E-state index contributed by atoms with van der Waals surface area (Å²) in [6.07, 6.45) is 1.52. The minimum atomic E-state index is 0.341. The molecule has 0 radical (unpaired) electrons. The maximum atomic E-state index is 5.79. The van der Waals surface area contributed by atoms with Gasteiger partial charge in [0.25, 0.3) is 0 Å². The molecule has 0 aliphatic carbocycles. The summed E-state index contributed by atoms with van der Waals surface area (Å²) in [6, 6.07) is 0.341. The lowest BCUT2D eigenvalue weighted by molar-refractivity contribution is -0.0314. The van der Waals surface area contributed by atoms with Crippen molar-refractivity contribution >= 4 is 0 Å². The SMILES string of the molecule is CC[C@@H](N)CN1CC(OC)C1. The summed E-state index contributed by atoms with van der Waals surface area (Å²) in [7, 11) is 1.77. The summed E-state index contributed by atoms with van der Waals surface area (Å²) in [4.78, 5) is 2.34. The lowest BCUT2D eigenvalue weighted by Gasteiger charge is -2.39. The maximum absolute atomic E-state index is 5.79. The molecule has 3 heteroatoms. The molecule has 1 saturated heterocycles. The van der Waals surface area contributed by atoms with Crippen LogP contribution >= 0.6 is 0 Å². The van der Waals surface area contributed by atoms with E-state index >= 15 is 0 Å². The molecule has 1 fully saturated rings. The molecule has 0 amide bonds. The van der Waals surface area contributed by atoms with Crippen LogP contribution in [0.25, 0.3) is 0 Å². The second kappa shape index (κ2) is 4.04. The second-order valence-corrected chi connectivity index (χ2v) is 3.24. The largest absolute Gasteiger partial charge is 0.379 e. The number of nitrogens with zero attached hydrogens (tertiary/aromatic N) is 1. The number of hydrogen-bond donors (Lipinski definition) is 1. The van der Waals surface area contributed by atoms with Crippen LogP contribution in [0.15, 0.2) is 0 Å². The molecule has 3 nitrogen and oxygen atoms in total. The number of methoxy groups -OCH3 is 1. The highest BCUT2D eigenvalue weighted by atomic mass is 16.5. The van der Waals surface area contributed by atoms with Crippen LogP contribution in [0.4, 0.5) is 0 Å². The van der Waals surface area contributed by atoms with E-state index in [1.807, 2.05) is 0 Å². The Labute approximate surface area is 68.5 Å². The van der Waals surface area contributed by atoms with Gasteiger partial charge in [-0.3, -0.25) is 4.90 Å². The molecule has 2 N–H and O–H groups in total. The van der Waals surface area contributed by atoms with E-state index in [1.54, 1.807) is 7.11 Å². The fraction of sp³-hybridized carbons (Fsp3) is 1.00. The van der Waals surface area contributed by atoms with Gasteiger partial charge in [0, 0.05) is 32.8 Å². The first-order valence-corrected chi connectivity index (χ1v) is 4.27. The number of nitrogens with two attached hydrogens (primary N) is 1. The number of hydrogen-bond acceptors (Lipinski definition) is 3. The van der Waals surface area contributed by atoms with E-state index in [1.165, 1.54) is 0 Å². The van der Waals surface area contributed by atoms with E-state index in [-0.39, 0.29) is 0 Å². The van der Waals surface area contributed by atoms with Crippen molar-refractivity contribution in [3.05, 3.63) is 0 Å². The Balaban J connectivity index is 2.04. The lowest BCUT2D eigenvalue weighted by atomic mass is 10.1. The monoisotopic (exact) mass is 158 g/mol. The third-order valence-electron chi connectivity index (χ3n) is 2.27. The van der Waals surface area contributed by atoms with Crippen molar-refractivity contribution in [3.63, 3.8) is 0 Å². The van der Waals surface area contributed by atoms with Gasteiger partial charge in [0.15, 0.2) is 0 Å². The third-order valence-corrected chi connectivity index (χ3v) is 2.27. The molecule has 0 spiro atoms. The van der Waals surface area contributed by atoms with Crippen molar-refractivity contribution in [1.29, 1.82) is 0 Å². The molecule has 1 rings (SSSR count). The average molecular weight is 158 g/mol. The predicted octanol–water partition coefficient (Wildman–Crippen LogP) is 0.0543. The quantitative estimate of drug-likeness (QED) is 0.628. The van der Waals surface area contributed by atoms with E-state index in [0.717, 1.165) is 26.1 Å². The third kappa shape index (κ3) is 2.43. The molecular weight excluding hydrogens is 140 g/mol. The van der Waals surface area contributed by atoms with Crippen LogP contribution in [-0.4, -0.2) is 43.8 Å². The molecule has 0 bridgehead atoms. The predicted molar refractivity (Wildman–Crippen MR) is 45.5 cm³/mol. The number of rotatable bonds is 4. The first kappa shape index (κ1) is 8.97. The molecule has 0 aromatic carbocycles. The minimum absolute atomic E-state index is 0.341. The van der Waals surface area contributed by atoms with Crippen molar-refractivity contribution in [2.24, 2.45) is 5.73 Å². The summed E-state index contributed by atoms with van der Waals surface area (Å²) in [6.45, 7) is 5.27. The molecule has 0 saturated carbocycles. The minimum Gasteiger partial charge on any atom is -0.379 e. The first-order valence-electron chi connectivity index (χ1n) is 4.27. The summed E-state index contributed by atoms with van der Waals surface area (Å²) in [5.41, 5.74) is 5.79. The van der Waals surface area contributed by atoms with Crippen LogP contribution in [0.2, 0.25) is 0 Å². The van der Waals surface area contributed by atoms with Gasteiger partial charge in [0.1, 0.15) is 0 Å². The Morgan fingerprint density at radius 1 is 1.64 bits per heavy atom. The second-order valence-electron chi connectivity index (χ2n) is 3.24. The van der Waals surface area contributed by atoms with Gasteiger partial charge in [-0.15, -0.1) is 0 Å². The Hall–Kier alpha value is -0.120. The molecule has 66 valence electrons. The van der Waals surface area contributed by atoms with Crippen molar-refractivity contribution in [1.82, 2.24) is 4.90 Å². The molecule has 0 aromatic heterocycles. The number of likely N-dealkylation sites (tertiary alicyclic amines) is 1. The van der Waals surface area contributed by atoms with E-state index in [9.17, 15) is 0 Å². The highest BCUT2D eigenvalue weighted by molar-refractivity contribution is 4.82. The average Bonchev–Trinajstić information content (AvgIpc) is 1.95. The van der Waals surface area contributed by atoms with Gasteiger partial charge >= 0.3 is 0 Å². The van der Waals surface area contributed by atoms with E-state index < -0.39 is 0 Å². The lowest BCUT2D eigenvalue weighted by Crippen LogP contribution is -2.55. The van der Waals surface area contributed by atoms with Crippen LogP contribution in [0, 0.1) is 0 Å². The summed E-state index contributed by atoms with van der Waals surface area (Å²) >= 11 is 0. The molecule has 0 aromatic rings. The Morgan fingerprint density at radius 2 is 2.27 bits per heavy atom. The highest BCUT2D eigenvalue weighted by Crippen LogP contribution is 2.10. The van der Waals surface area contributed by atoms with Crippen molar-refractivity contribution < 1.29 is 4.74 Å². The van der Waals surface area contributed by atoms with Gasteiger partial charge in [0.05, 0.1) is 6.10 Å². The van der Waals surface area contributed by atoms with Crippen LogP contribution in [0.5, 0.6) is 0 Å². The zero-order chi connectivity index (χ0) is 8.27. The molecule has 1 aliphatic heterocycles. The highest BCUT2D eigenvalue weighted by Gasteiger charge is 2.26. The maximum Gasteiger partial charge on any atom is 0.0824 e. The zero-order valence-electron chi connectivity index (χ0n) is 7.42. The smallest absolute Gasteiger partial charge is 0.0824 e. The summed E-state index contributed by atoms with van der Waals surface area (Å²) in [5.74, 6) is 0. The van der Waals surface area contributed by atoms with Gasteiger partial charge in [-0.1, -0.05) is 6.92 Å². The van der Waals surface area contributed by atoms with Crippen LogP contribution < -0.4 is 5.73 Å². The van der Waals surface area contributed by atoms with E-state index in [2.05, 4.69) is 11.8 Å². The molecular formula is C8H18N2O. The van der Waals surface area contributed by atoms with Crippen molar-refractivity contribution in [2.45, 2.75) is 25.5 Å². The van der Waals surface area contributed by atoms with Crippen LogP contribution in [-0.2, 0) is 4.74 Å². The van der Waals surface area contributed by atoms with Gasteiger partial charge in [0.2, 0.25) is 0 Å². The zero-order valence-corrected chi connectivity index (χ0v) is 7.42. The number of ether oxygens (including phenoxy) is 1. The molecule has 1 heterocycles. The summed E-state index contributed by atoms with van der Waals surface area (Å²) in [5, 5.41) is 0. The van der Waals surface area contributed by atoms with E-state index in [0.29, 0.717) is 12.1 Å². The van der Waals surface area contributed by atoms with Crippen LogP contribution in [0.3, 0.4) is 0 Å². The fourth-order valence-electron chi connectivity index (χ4n) is 1.28. The first-order chi connectivity index (χ1) is 5.26. The molecule has 1 atom stereocenters. The summed E-state index contributed by atoms with van der Waals surface area (Å²) < 4.78 is 5.15. The Bertz CT molecular complexity index is 113. The van der Waals surface area contributed by atoms with Crippen molar-refractivity contribution in [3.8, 4) is 0 Å². The standard InChI is InChI=1S/C8H18N2O/c1-3-7(9)4-10-5-8(6-10)11-2/h7-8H,3-6,9H2,1-2H3/t7-/m1/s1. The van der Waals surface area contributed by atoms with Gasteiger partial charge in [-0.05, 0) is 6.42 Å². The van der Waals surface area contributed by atoms with Crippen molar-refractivity contribution in [2.75, 3.05) is 26.7 Å². The Morgan fingerprint density at radius 3 is 2.73 bits per heavy atom. The molecule has 1 aliphatic rings. The topological polar surface area (TPSA) is 38.5 Å². The Kier molecular flexibility index (Phi) is 3.30. The van der Waals surface area contributed by atoms with Crippen LogP contribution in [0.1, 0.15) is 13.3 Å². The van der Waals surface area contributed by atoms with Gasteiger partial charge in [-0.25, -0.2) is 0 Å². The normalized spacial score (nSPS) is 23.2. The fourth-order valence-corrected chi connectivity index (χ4v) is 1.28. The van der Waals surface area contributed by atoms with E-state index in [4.69, 9.17) is 10.5 Å².